The molecule has 0 bridgehead atoms. The van der Waals surface area contributed by atoms with Gasteiger partial charge in [-0.1, -0.05) is 24.3 Å². The van der Waals surface area contributed by atoms with Crippen molar-refractivity contribution in [3.05, 3.63) is 30.3 Å². The molecule has 60 heavy (non-hydrogen) atoms. The highest BCUT2D eigenvalue weighted by molar-refractivity contribution is 7.91. The summed E-state index contributed by atoms with van der Waals surface area (Å²) >= 11 is 0. The Morgan fingerprint density at radius 2 is 0.800 bits per heavy atom. The van der Waals surface area contributed by atoms with Crippen molar-refractivity contribution in [1.82, 2.24) is 0 Å². The molecule has 0 N–H and O–H groups in total. The number of hydrogen-bond acceptors (Lipinski definition) is 9. The van der Waals surface area contributed by atoms with E-state index in [1.807, 2.05) is 0 Å². The van der Waals surface area contributed by atoms with Crippen LogP contribution in [0.3, 0.4) is 0 Å². The van der Waals surface area contributed by atoms with Gasteiger partial charge in [0.25, 0.3) is 20.2 Å². The van der Waals surface area contributed by atoms with Gasteiger partial charge >= 0.3 is 72.1 Å². The lowest BCUT2D eigenvalue weighted by molar-refractivity contribution is -0.414. The van der Waals surface area contributed by atoms with Crippen molar-refractivity contribution in [2.45, 2.75) is 86.8 Å². The highest BCUT2D eigenvalue weighted by atomic mass is 32.2. The third-order valence-corrected chi connectivity index (χ3v) is 11.2. The van der Waals surface area contributed by atoms with Crippen LogP contribution in [0.1, 0.15) is 0 Å². The monoisotopic (exact) mass is 995 g/mol. The molecule has 0 aliphatic heterocycles. The molecule has 9 nitrogen and oxygen atoms in total. The van der Waals surface area contributed by atoms with Crippen LogP contribution in [0.25, 0.3) is 10.8 Å². The van der Waals surface area contributed by atoms with E-state index in [9.17, 15) is 135 Å². The Labute approximate surface area is 315 Å². The Morgan fingerprint density at radius 1 is 0.483 bits per heavy atom. The van der Waals surface area contributed by atoms with Gasteiger partial charge in [-0.15, -0.1) is 0 Å². The van der Waals surface area contributed by atoms with Gasteiger partial charge in [-0.25, -0.2) is 26.0 Å². The van der Waals surface area contributed by atoms with Crippen LogP contribution in [0.5, 0.6) is 0 Å². The topological polar surface area (TPSA) is 144 Å². The maximum absolute atomic E-state index is 14.4. The first-order chi connectivity index (χ1) is 26.1. The van der Waals surface area contributed by atoms with Crippen molar-refractivity contribution in [2.75, 3.05) is 13.2 Å². The molecule has 0 aromatic heterocycles. The van der Waals surface area contributed by atoms with Crippen molar-refractivity contribution in [2.24, 2.45) is 0 Å². The average molecular weight is 995 g/mol. The number of halogens is 24. The molecule has 0 saturated heterocycles. The summed E-state index contributed by atoms with van der Waals surface area (Å²) in [5.74, 6) is -79.7. The van der Waals surface area contributed by atoms with E-state index in [4.69, 9.17) is 0 Å². The van der Waals surface area contributed by atoms with E-state index >= 15 is 0 Å². The Hall–Kier alpha value is -3.25. The van der Waals surface area contributed by atoms with Gasteiger partial charge in [0.2, 0.25) is 0 Å². The zero-order chi connectivity index (χ0) is 47.9. The molecule has 348 valence electrons. The molecule has 0 radical (unpaired) electrons. The molecular weight excluding hydrogens is 984 g/mol. The van der Waals surface area contributed by atoms with Crippen LogP contribution in [0, 0.1) is 0 Å². The van der Waals surface area contributed by atoms with Crippen LogP contribution in [0.4, 0.5) is 105 Å². The minimum atomic E-state index is -8.41. The van der Waals surface area contributed by atoms with Crippen LogP contribution >= 0.6 is 0 Å². The fraction of sp³-hybridized carbons (Fsp3) is 0.583. The van der Waals surface area contributed by atoms with Gasteiger partial charge in [0.05, 0.1) is 4.90 Å². The average Bonchev–Trinajstić information content (AvgIpc) is 3.07. The first-order valence-electron chi connectivity index (χ1n) is 13.8. The zero-order valence-corrected chi connectivity index (χ0v) is 29.4. The van der Waals surface area contributed by atoms with Crippen LogP contribution in [0.2, 0.25) is 0 Å². The third-order valence-electron chi connectivity index (χ3n) is 7.36. The highest BCUT2D eigenvalue weighted by Crippen LogP contribution is 2.60. The van der Waals surface area contributed by atoms with Crippen LogP contribution in [-0.4, -0.2) is 115 Å². The van der Waals surface area contributed by atoms with Crippen molar-refractivity contribution in [3.63, 3.8) is 0 Å². The molecule has 0 aliphatic carbocycles. The number of alkyl halides is 24. The largest absolute Gasteiger partial charge is 0.744 e. The predicted octanol–water partition coefficient (Wildman–Crippen LogP) is 8.04. The molecule has 0 heterocycles. The van der Waals surface area contributed by atoms with E-state index in [-0.39, 0.29) is 6.07 Å². The van der Waals surface area contributed by atoms with Gasteiger partial charge in [0.1, 0.15) is 33.1 Å². The van der Waals surface area contributed by atoms with Gasteiger partial charge in [-0.2, -0.15) is 105 Å². The van der Waals surface area contributed by atoms with E-state index in [0.717, 1.165) is 0 Å². The van der Waals surface area contributed by atoms with Crippen molar-refractivity contribution in [3.8, 4) is 0 Å². The summed E-state index contributed by atoms with van der Waals surface area (Å²) in [6, 6.07) is 1.10. The Bertz CT molecular complexity index is 2280. The van der Waals surface area contributed by atoms with Gasteiger partial charge in [0, 0.05) is 5.39 Å². The molecular formula is C24H11F24O9S3-. The second-order valence-electron chi connectivity index (χ2n) is 11.3. The minimum absolute atomic E-state index is 0.0776. The molecule has 0 aliphatic rings. The van der Waals surface area contributed by atoms with Crippen molar-refractivity contribution >= 4 is 41.1 Å². The highest BCUT2D eigenvalue weighted by Gasteiger charge is 2.89. The summed E-state index contributed by atoms with van der Waals surface area (Å²) in [7, 11) is -21.7. The fourth-order valence-corrected chi connectivity index (χ4v) is 8.26. The summed E-state index contributed by atoms with van der Waals surface area (Å²) in [5, 5.41) is -2.97. The maximum Gasteiger partial charge on any atom is 0.384 e. The summed E-state index contributed by atoms with van der Waals surface area (Å²) in [5.41, 5.74) is 0. The van der Waals surface area contributed by atoms with E-state index in [1.54, 1.807) is 0 Å². The Balaban J connectivity index is 2.89. The van der Waals surface area contributed by atoms with Gasteiger partial charge < -0.3 is 4.55 Å². The normalized spacial score (nSPS) is 15.7. The van der Waals surface area contributed by atoms with Crippen LogP contribution in [0.15, 0.2) is 45.0 Å². The molecule has 0 fully saturated rings. The first-order valence-corrected chi connectivity index (χ1v) is 18.0. The van der Waals surface area contributed by atoms with Crippen LogP contribution < -0.4 is 0 Å². The quantitative estimate of drug-likeness (QED) is 0.0777. The summed E-state index contributed by atoms with van der Waals surface area (Å²) in [6.07, 6.45) is -12.1. The molecule has 0 unspecified atom stereocenters. The third kappa shape index (κ3) is 8.10. The lowest BCUT2D eigenvalue weighted by Gasteiger charge is -2.39. The maximum atomic E-state index is 14.4. The molecule has 2 rings (SSSR count). The SMILES string of the molecule is O=S(=O)([O-])c1cc2ccccc2c(S(=O)(=O)OCC(F)(F)C(F)(F)C(F)(F)C(F)(F)C(F)(F)C(F)F)c1S(=O)(=O)OCC(F)(F)C(F)(F)C(F)(F)C(F)(F)C(F)(F)C(F)F. The molecule has 0 spiro atoms. The number of benzene rings is 2. The summed E-state index contributed by atoms with van der Waals surface area (Å²) in [4.78, 5) is -9.04. The molecule has 2 aromatic carbocycles. The predicted molar refractivity (Wildman–Crippen MR) is 140 cm³/mol. The van der Waals surface area contributed by atoms with E-state index in [2.05, 4.69) is 8.37 Å². The van der Waals surface area contributed by atoms with Gasteiger partial charge in [-0.05, 0) is 11.5 Å². The summed E-state index contributed by atoms with van der Waals surface area (Å²) < 4.78 is 420. The zero-order valence-electron chi connectivity index (χ0n) is 26.9. The standard InChI is InChI=1S/C24H12F24O9S3/c25-13(26)17(33,34)21(41,42)23(45,46)19(37,38)15(29,30)6-56-59(52,53)11-9-4-2-1-3-8(9)5-10(58(49,50)51)12(11)60(54,55)57-7-16(31,32)20(39,40)24(47,48)22(43,44)18(35,36)14(27)28/h1-5,13-14H,6-7H2,(H,49,50,51)/p-1. The van der Waals surface area contributed by atoms with Crippen LogP contribution in [-0.2, 0) is 38.7 Å². The number of fused-ring (bicyclic) bond motifs is 1. The lowest BCUT2D eigenvalue weighted by atomic mass is 9.95. The first kappa shape index (κ1) is 52.9. The Morgan fingerprint density at radius 3 is 1.12 bits per heavy atom. The van der Waals surface area contributed by atoms with E-state index in [1.165, 1.54) is 0 Å². The fourth-order valence-electron chi connectivity index (χ4n) is 4.09. The molecule has 0 amide bonds. The van der Waals surface area contributed by atoms with E-state index in [0.29, 0.717) is 18.2 Å². The minimum Gasteiger partial charge on any atom is -0.744 e. The second-order valence-corrected chi connectivity index (χ2v) is 15.8. The van der Waals surface area contributed by atoms with E-state index < -0.39 is 147 Å². The Kier molecular flexibility index (Phi) is 13.4. The molecule has 36 heteroatoms. The van der Waals surface area contributed by atoms with Gasteiger partial charge in [-0.3, -0.25) is 8.37 Å². The smallest absolute Gasteiger partial charge is 0.384 e. The summed E-state index contributed by atoms with van der Waals surface area (Å²) in [6.45, 7) is -8.47. The number of hydrogen-bond donors (Lipinski definition) is 0. The molecule has 0 atom stereocenters. The molecule has 0 saturated carbocycles. The van der Waals surface area contributed by atoms with Gasteiger partial charge in [0.15, 0.2) is 0 Å². The van der Waals surface area contributed by atoms with Crippen molar-refractivity contribution in [1.29, 1.82) is 0 Å². The number of rotatable bonds is 19. The second kappa shape index (κ2) is 15.2. The molecule has 2 aromatic rings. The lowest BCUT2D eigenvalue weighted by Crippen LogP contribution is -2.69. The van der Waals surface area contributed by atoms with Crippen molar-refractivity contribution < 1.29 is 144 Å².